The smallest absolute Gasteiger partial charge is 0.193 e. The second-order valence-electron chi connectivity index (χ2n) is 10.4. The van der Waals surface area contributed by atoms with E-state index < -0.39 is 0 Å². The molecule has 2 unspecified atom stereocenters. The van der Waals surface area contributed by atoms with Crippen molar-refractivity contribution in [2.75, 3.05) is 0 Å². The predicted octanol–water partition coefficient (Wildman–Crippen LogP) is 8.22. The van der Waals surface area contributed by atoms with Gasteiger partial charge in [-0.15, -0.1) is 0 Å². The first kappa shape index (κ1) is 22.5. The molecule has 0 radical (unpaired) electrons. The van der Waals surface area contributed by atoms with E-state index in [-0.39, 0.29) is 11.2 Å². The van der Waals surface area contributed by atoms with Crippen LogP contribution in [0.5, 0.6) is 0 Å². The van der Waals surface area contributed by atoms with Gasteiger partial charge in [0.1, 0.15) is 0 Å². The molecule has 1 fully saturated rings. The maximum absolute atomic E-state index is 13.8. The average Bonchev–Trinajstić information content (AvgIpc) is 2.83. The molecular weight excluding hydrogens is 388 g/mol. The first-order valence-electron chi connectivity index (χ1n) is 12.2. The molecule has 0 amide bonds. The lowest BCUT2D eigenvalue weighted by atomic mass is 9.73. The summed E-state index contributed by atoms with van der Waals surface area (Å²) in [7, 11) is 0. The van der Waals surface area contributed by atoms with E-state index in [4.69, 9.17) is 0 Å². The highest BCUT2D eigenvalue weighted by Crippen LogP contribution is 2.42. The van der Waals surface area contributed by atoms with Gasteiger partial charge in [0.2, 0.25) is 0 Å². The van der Waals surface area contributed by atoms with Crippen molar-refractivity contribution in [1.29, 1.82) is 0 Å². The van der Waals surface area contributed by atoms with Crippen LogP contribution in [0.4, 0.5) is 0 Å². The maximum Gasteiger partial charge on any atom is 0.193 e. The fourth-order valence-corrected chi connectivity index (χ4v) is 5.37. The second-order valence-corrected chi connectivity index (χ2v) is 10.4. The Kier molecular flexibility index (Phi) is 6.65. The zero-order valence-electron chi connectivity index (χ0n) is 20.0. The number of aryl methyl sites for hydroxylation is 1. The van der Waals surface area contributed by atoms with Gasteiger partial charge < -0.3 is 0 Å². The molecule has 166 valence electrons. The highest BCUT2D eigenvalue weighted by atomic mass is 16.1. The number of hydrogen-bond acceptors (Lipinski definition) is 1. The van der Waals surface area contributed by atoms with Crippen LogP contribution in [0.3, 0.4) is 0 Å². The molecule has 1 heteroatoms. The quantitative estimate of drug-likeness (QED) is 0.377. The third-order valence-corrected chi connectivity index (χ3v) is 7.16. The van der Waals surface area contributed by atoms with Gasteiger partial charge in [0, 0.05) is 11.1 Å². The molecule has 1 aliphatic carbocycles. The highest BCUT2D eigenvalue weighted by molar-refractivity contribution is 6.11. The summed E-state index contributed by atoms with van der Waals surface area (Å²) in [6, 6.07) is 25.8. The standard InChI is InChI=1S/C31H36O/c1-5-22-12-9-10-17-27(22)30(32)28-21-26(18-19-29(28)31(2,3)4)25-16-11-15-24(20-25)23-13-7-6-8-14-23/h6-10,12-14,17-19,21,24-25H,5,11,15-16,20H2,1-4H3. The lowest BCUT2D eigenvalue weighted by molar-refractivity contribution is 0.103. The van der Waals surface area contributed by atoms with Gasteiger partial charge in [0.25, 0.3) is 0 Å². The molecule has 0 aromatic heterocycles. The van der Waals surface area contributed by atoms with E-state index in [1.165, 1.54) is 30.4 Å². The van der Waals surface area contributed by atoms with Crippen molar-refractivity contribution < 1.29 is 4.79 Å². The fourth-order valence-electron chi connectivity index (χ4n) is 5.37. The number of rotatable bonds is 5. The Bertz CT molecular complexity index is 1070. The van der Waals surface area contributed by atoms with E-state index in [0.29, 0.717) is 11.8 Å². The molecule has 0 N–H and O–H groups in total. The van der Waals surface area contributed by atoms with Gasteiger partial charge in [0.05, 0.1) is 0 Å². The normalized spacial score (nSPS) is 19.0. The minimum atomic E-state index is -0.0795. The third-order valence-electron chi connectivity index (χ3n) is 7.16. The zero-order chi connectivity index (χ0) is 22.7. The molecule has 1 nitrogen and oxygen atoms in total. The monoisotopic (exact) mass is 424 g/mol. The Morgan fingerprint density at radius 2 is 1.47 bits per heavy atom. The minimum absolute atomic E-state index is 0.0795. The first-order valence-corrected chi connectivity index (χ1v) is 12.2. The van der Waals surface area contributed by atoms with E-state index in [1.54, 1.807) is 0 Å². The van der Waals surface area contributed by atoms with Crippen molar-refractivity contribution in [3.8, 4) is 0 Å². The molecule has 32 heavy (non-hydrogen) atoms. The predicted molar refractivity (Wildman–Crippen MR) is 135 cm³/mol. The zero-order valence-corrected chi connectivity index (χ0v) is 20.0. The Hall–Kier alpha value is -2.67. The van der Waals surface area contributed by atoms with Gasteiger partial charge in [-0.05, 0) is 71.3 Å². The number of hydrogen-bond donors (Lipinski definition) is 0. The molecule has 1 saturated carbocycles. The molecule has 3 aromatic rings. The molecule has 0 heterocycles. The van der Waals surface area contributed by atoms with Crippen LogP contribution in [0.25, 0.3) is 0 Å². The van der Waals surface area contributed by atoms with Gasteiger partial charge in [0.15, 0.2) is 5.78 Å². The molecule has 0 saturated heterocycles. The van der Waals surface area contributed by atoms with Crippen LogP contribution in [0.2, 0.25) is 0 Å². The summed E-state index contributed by atoms with van der Waals surface area (Å²) in [5, 5.41) is 0. The maximum atomic E-state index is 13.8. The summed E-state index contributed by atoms with van der Waals surface area (Å²) >= 11 is 0. The number of ketones is 1. The summed E-state index contributed by atoms with van der Waals surface area (Å²) in [4.78, 5) is 13.8. The summed E-state index contributed by atoms with van der Waals surface area (Å²) in [5.74, 6) is 1.29. The van der Waals surface area contributed by atoms with Gasteiger partial charge in [-0.25, -0.2) is 0 Å². The fraction of sp³-hybridized carbons (Fsp3) is 0.387. The van der Waals surface area contributed by atoms with Crippen LogP contribution in [0, 0.1) is 0 Å². The molecule has 0 aliphatic heterocycles. The van der Waals surface area contributed by atoms with Gasteiger partial charge in [-0.2, -0.15) is 0 Å². The topological polar surface area (TPSA) is 17.1 Å². The van der Waals surface area contributed by atoms with E-state index in [1.807, 2.05) is 18.2 Å². The first-order chi connectivity index (χ1) is 15.4. The highest BCUT2D eigenvalue weighted by Gasteiger charge is 2.28. The summed E-state index contributed by atoms with van der Waals surface area (Å²) in [6.45, 7) is 8.74. The molecule has 0 bridgehead atoms. The van der Waals surface area contributed by atoms with Crippen molar-refractivity contribution >= 4 is 5.78 Å². The summed E-state index contributed by atoms with van der Waals surface area (Å²) in [5.41, 5.74) is 6.72. The summed E-state index contributed by atoms with van der Waals surface area (Å²) < 4.78 is 0. The Morgan fingerprint density at radius 1 is 0.812 bits per heavy atom. The van der Waals surface area contributed by atoms with Gasteiger partial charge in [-0.3, -0.25) is 4.79 Å². The van der Waals surface area contributed by atoms with Crippen molar-refractivity contribution in [1.82, 2.24) is 0 Å². The number of carbonyl (C=O) groups is 1. The van der Waals surface area contributed by atoms with E-state index in [0.717, 1.165) is 35.1 Å². The van der Waals surface area contributed by atoms with Gasteiger partial charge in [-0.1, -0.05) is 101 Å². The van der Waals surface area contributed by atoms with Crippen molar-refractivity contribution in [2.24, 2.45) is 0 Å². The Morgan fingerprint density at radius 3 is 2.16 bits per heavy atom. The lowest BCUT2D eigenvalue weighted by Gasteiger charge is -2.31. The van der Waals surface area contributed by atoms with Crippen LogP contribution in [-0.4, -0.2) is 5.78 Å². The molecule has 1 aliphatic rings. The van der Waals surface area contributed by atoms with Crippen LogP contribution in [-0.2, 0) is 11.8 Å². The van der Waals surface area contributed by atoms with Crippen LogP contribution in [0.15, 0.2) is 72.8 Å². The van der Waals surface area contributed by atoms with Crippen LogP contribution < -0.4 is 0 Å². The van der Waals surface area contributed by atoms with E-state index in [2.05, 4.69) is 82.3 Å². The van der Waals surface area contributed by atoms with E-state index >= 15 is 0 Å². The largest absolute Gasteiger partial charge is 0.289 e. The third kappa shape index (κ3) is 4.72. The summed E-state index contributed by atoms with van der Waals surface area (Å²) in [6.07, 6.45) is 5.74. The van der Waals surface area contributed by atoms with Crippen molar-refractivity contribution in [2.45, 2.75) is 77.0 Å². The van der Waals surface area contributed by atoms with Crippen LogP contribution >= 0.6 is 0 Å². The van der Waals surface area contributed by atoms with Crippen molar-refractivity contribution in [3.63, 3.8) is 0 Å². The van der Waals surface area contributed by atoms with E-state index in [9.17, 15) is 4.79 Å². The molecule has 0 spiro atoms. The number of benzene rings is 3. The lowest BCUT2D eigenvalue weighted by Crippen LogP contribution is -2.20. The van der Waals surface area contributed by atoms with Crippen molar-refractivity contribution in [3.05, 3.63) is 106 Å². The molecule has 3 aromatic carbocycles. The molecule has 4 rings (SSSR count). The average molecular weight is 425 g/mol. The molecular formula is C31H36O. The van der Waals surface area contributed by atoms with Gasteiger partial charge >= 0.3 is 0 Å². The molecule has 2 atom stereocenters. The Labute approximate surface area is 193 Å². The minimum Gasteiger partial charge on any atom is -0.289 e. The van der Waals surface area contributed by atoms with Crippen LogP contribution in [0.1, 0.15) is 103 Å². The Balaban J connectivity index is 1.71. The SMILES string of the molecule is CCc1ccccc1C(=O)c1cc(C2CCCC(c3ccccc3)C2)ccc1C(C)(C)C. The number of carbonyl (C=O) groups excluding carboxylic acids is 1. The second kappa shape index (κ2) is 9.45.